The van der Waals surface area contributed by atoms with E-state index in [9.17, 15) is 4.79 Å². The summed E-state index contributed by atoms with van der Waals surface area (Å²) < 4.78 is 0. The molecule has 0 saturated carbocycles. The molecule has 2 rings (SSSR count). The molecule has 92 valence electrons. The molecular weight excluding hydrogens is 238 g/mol. The van der Waals surface area contributed by atoms with Gasteiger partial charge in [-0.05, 0) is 37.1 Å². The molecule has 17 heavy (non-hydrogen) atoms. The number of aliphatic carboxylic acids is 1. The second-order valence-electron chi connectivity index (χ2n) is 4.49. The van der Waals surface area contributed by atoms with Gasteiger partial charge >= 0.3 is 5.97 Å². The van der Waals surface area contributed by atoms with Crippen molar-refractivity contribution >= 4 is 17.6 Å². The fraction of sp³-hybridized carbons (Fsp3) is 0.462. The van der Waals surface area contributed by atoms with Crippen molar-refractivity contribution in [1.29, 1.82) is 0 Å². The van der Waals surface area contributed by atoms with Crippen LogP contribution in [-0.2, 0) is 11.3 Å². The number of carbonyl (C=O) groups is 1. The Morgan fingerprint density at radius 1 is 1.41 bits per heavy atom. The quantitative estimate of drug-likeness (QED) is 0.897. The lowest BCUT2D eigenvalue weighted by Crippen LogP contribution is -2.30. The van der Waals surface area contributed by atoms with Crippen LogP contribution in [0.25, 0.3) is 0 Å². The summed E-state index contributed by atoms with van der Waals surface area (Å²) in [4.78, 5) is 13.0. The second-order valence-corrected chi connectivity index (χ2v) is 4.93. The third-order valence-electron chi connectivity index (χ3n) is 3.21. The molecule has 1 aliphatic rings. The fourth-order valence-electron chi connectivity index (χ4n) is 2.36. The molecule has 3 nitrogen and oxygen atoms in total. The number of likely N-dealkylation sites (tertiary alicyclic amines) is 1. The predicted molar refractivity (Wildman–Crippen MR) is 67.1 cm³/mol. The topological polar surface area (TPSA) is 40.5 Å². The number of rotatable bonds is 4. The number of carboxylic acid groups (broad SMARTS) is 1. The smallest absolute Gasteiger partial charge is 0.304 e. The molecule has 1 fully saturated rings. The highest BCUT2D eigenvalue weighted by Gasteiger charge is 2.26. The van der Waals surface area contributed by atoms with E-state index in [2.05, 4.69) is 4.90 Å². The van der Waals surface area contributed by atoms with E-state index in [1.54, 1.807) is 0 Å². The van der Waals surface area contributed by atoms with Gasteiger partial charge < -0.3 is 5.11 Å². The van der Waals surface area contributed by atoms with Crippen molar-refractivity contribution in [2.45, 2.75) is 31.8 Å². The van der Waals surface area contributed by atoms with Gasteiger partial charge in [0.25, 0.3) is 0 Å². The molecule has 0 aromatic heterocycles. The summed E-state index contributed by atoms with van der Waals surface area (Å²) in [7, 11) is 0. The lowest BCUT2D eigenvalue weighted by Gasteiger charge is -2.23. The zero-order valence-electron chi connectivity index (χ0n) is 9.60. The van der Waals surface area contributed by atoms with E-state index in [1.807, 2.05) is 24.3 Å². The summed E-state index contributed by atoms with van der Waals surface area (Å²) in [5.74, 6) is -0.710. The Bertz CT molecular complexity index is 391. The molecule has 0 amide bonds. The first-order valence-corrected chi connectivity index (χ1v) is 6.23. The van der Waals surface area contributed by atoms with Crippen LogP contribution < -0.4 is 0 Å². The molecule has 1 aliphatic heterocycles. The number of carboxylic acids is 1. The monoisotopic (exact) mass is 253 g/mol. The van der Waals surface area contributed by atoms with Gasteiger partial charge in [-0.1, -0.05) is 23.7 Å². The number of halogens is 1. The standard InChI is InChI=1S/C13H16ClNO2/c14-11-5-3-10(4-6-11)9-15-7-1-2-12(15)8-13(16)17/h3-6,12H,1-2,7-9H2,(H,16,17). The molecule has 0 radical (unpaired) electrons. The Hall–Kier alpha value is -1.06. The van der Waals surface area contributed by atoms with Gasteiger partial charge in [-0.3, -0.25) is 9.69 Å². The van der Waals surface area contributed by atoms with Gasteiger partial charge in [0.05, 0.1) is 6.42 Å². The summed E-state index contributed by atoms with van der Waals surface area (Å²) in [5.41, 5.74) is 1.19. The molecule has 1 saturated heterocycles. The van der Waals surface area contributed by atoms with E-state index in [-0.39, 0.29) is 12.5 Å². The van der Waals surface area contributed by atoms with Crippen molar-refractivity contribution < 1.29 is 9.90 Å². The molecule has 1 aromatic carbocycles. The summed E-state index contributed by atoms with van der Waals surface area (Å²) in [6, 6.07) is 7.93. The maximum Gasteiger partial charge on any atom is 0.304 e. The average Bonchev–Trinajstić information content (AvgIpc) is 2.68. The molecule has 0 aliphatic carbocycles. The van der Waals surface area contributed by atoms with Crippen molar-refractivity contribution in [1.82, 2.24) is 4.90 Å². The third kappa shape index (κ3) is 3.45. The summed E-state index contributed by atoms with van der Waals surface area (Å²) in [6.07, 6.45) is 2.32. The van der Waals surface area contributed by atoms with Crippen LogP contribution in [0.15, 0.2) is 24.3 Å². The van der Waals surface area contributed by atoms with Gasteiger partial charge in [-0.15, -0.1) is 0 Å². The number of benzene rings is 1. The molecule has 1 heterocycles. The third-order valence-corrected chi connectivity index (χ3v) is 3.46. The van der Waals surface area contributed by atoms with Crippen LogP contribution >= 0.6 is 11.6 Å². The van der Waals surface area contributed by atoms with Crippen LogP contribution in [0.3, 0.4) is 0 Å². The summed E-state index contributed by atoms with van der Waals surface area (Å²) in [6.45, 7) is 1.80. The van der Waals surface area contributed by atoms with E-state index in [0.29, 0.717) is 0 Å². The van der Waals surface area contributed by atoms with Crippen molar-refractivity contribution in [2.75, 3.05) is 6.54 Å². The largest absolute Gasteiger partial charge is 0.481 e. The van der Waals surface area contributed by atoms with E-state index in [1.165, 1.54) is 5.56 Å². The number of nitrogens with zero attached hydrogens (tertiary/aromatic N) is 1. The molecule has 4 heteroatoms. The van der Waals surface area contributed by atoms with Crippen molar-refractivity contribution in [2.24, 2.45) is 0 Å². The van der Waals surface area contributed by atoms with Crippen LogP contribution in [0, 0.1) is 0 Å². The average molecular weight is 254 g/mol. The first kappa shape index (κ1) is 12.4. The van der Waals surface area contributed by atoms with Gasteiger partial charge in [0, 0.05) is 17.6 Å². The van der Waals surface area contributed by atoms with Crippen molar-refractivity contribution in [3.63, 3.8) is 0 Å². The molecule has 1 aromatic rings. The summed E-state index contributed by atoms with van der Waals surface area (Å²) in [5, 5.41) is 9.58. The van der Waals surface area contributed by atoms with Gasteiger partial charge in [0.15, 0.2) is 0 Å². The minimum absolute atomic E-state index is 0.183. The van der Waals surface area contributed by atoms with Gasteiger partial charge in [-0.2, -0.15) is 0 Å². The fourth-order valence-corrected chi connectivity index (χ4v) is 2.49. The van der Waals surface area contributed by atoms with Gasteiger partial charge in [0.2, 0.25) is 0 Å². The Morgan fingerprint density at radius 2 is 2.12 bits per heavy atom. The minimum atomic E-state index is -0.710. The lowest BCUT2D eigenvalue weighted by atomic mass is 10.1. The first-order chi connectivity index (χ1) is 8.15. The Balaban J connectivity index is 1.97. The summed E-state index contributed by atoms with van der Waals surface area (Å²) >= 11 is 5.83. The Labute approximate surface area is 106 Å². The second kappa shape index (κ2) is 5.52. The molecule has 1 atom stereocenters. The number of hydrogen-bond acceptors (Lipinski definition) is 2. The van der Waals surface area contributed by atoms with Gasteiger partial charge in [-0.25, -0.2) is 0 Å². The molecule has 1 N–H and O–H groups in total. The minimum Gasteiger partial charge on any atom is -0.481 e. The lowest BCUT2D eigenvalue weighted by molar-refractivity contribution is -0.138. The molecular formula is C13H16ClNO2. The predicted octanol–water partition coefficient (Wildman–Crippen LogP) is 2.78. The van der Waals surface area contributed by atoms with Crippen LogP contribution in [0.5, 0.6) is 0 Å². The van der Waals surface area contributed by atoms with Crippen molar-refractivity contribution in [3.05, 3.63) is 34.9 Å². The zero-order chi connectivity index (χ0) is 12.3. The van der Waals surface area contributed by atoms with E-state index < -0.39 is 5.97 Å². The van der Waals surface area contributed by atoms with E-state index in [0.717, 1.165) is 31.0 Å². The normalized spacial score (nSPS) is 20.6. The Kier molecular flexibility index (Phi) is 4.02. The zero-order valence-corrected chi connectivity index (χ0v) is 10.4. The maximum absolute atomic E-state index is 10.8. The highest BCUT2D eigenvalue weighted by Crippen LogP contribution is 2.23. The van der Waals surface area contributed by atoms with E-state index in [4.69, 9.17) is 16.7 Å². The van der Waals surface area contributed by atoms with Gasteiger partial charge in [0.1, 0.15) is 0 Å². The highest BCUT2D eigenvalue weighted by molar-refractivity contribution is 6.30. The number of hydrogen-bond donors (Lipinski definition) is 1. The van der Waals surface area contributed by atoms with E-state index >= 15 is 0 Å². The first-order valence-electron chi connectivity index (χ1n) is 5.85. The van der Waals surface area contributed by atoms with Crippen LogP contribution in [0.4, 0.5) is 0 Å². The Morgan fingerprint density at radius 3 is 2.76 bits per heavy atom. The maximum atomic E-state index is 10.8. The highest BCUT2D eigenvalue weighted by atomic mass is 35.5. The van der Waals surface area contributed by atoms with Crippen LogP contribution in [-0.4, -0.2) is 28.6 Å². The molecule has 0 bridgehead atoms. The van der Waals surface area contributed by atoms with Crippen molar-refractivity contribution in [3.8, 4) is 0 Å². The molecule has 0 spiro atoms. The SMILES string of the molecule is O=C(O)CC1CCCN1Cc1ccc(Cl)cc1. The van der Waals surface area contributed by atoms with Crippen LogP contribution in [0.2, 0.25) is 5.02 Å². The van der Waals surface area contributed by atoms with Crippen LogP contribution in [0.1, 0.15) is 24.8 Å². The molecule has 1 unspecified atom stereocenters.